The molecular weight excluding hydrogens is 221 g/mol. The van der Waals surface area contributed by atoms with Crippen LogP contribution < -0.4 is 11.1 Å². The molecule has 3 N–H and O–H groups in total. The van der Waals surface area contributed by atoms with Crippen molar-refractivity contribution in [3.8, 4) is 0 Å². The Bertz CT molecular complexity index is 345. The van der Waals surface area contributed by atoms with Gasteiger partial charge in [-0.25, -0.2) is 0 Å². The van der Waals surface area contributed by atoms with Crippen LogP contribution in [0.25, 0.3) is 0 Å². The van der Waals surface area contributed by atoms with Crippen molar-refractivity contribution >= 4 is 0 Å². The maximum absolute atomic E-state index is 12.0. The van der Waals surface area contributed by atoms with Crippen LogP contribution in [0.2, 0.25) is 0 Å². The Labute approximate surface area is 91.6 Å². The van der Waals surface area contributed by atoms with Crippen molar-refractivity contribution in [2.45, 2.75) is 19.1 Å². The molecule has 0 saturated carbocycles. The molecule has 0 radical (unpaired) electrons. The van der Waals surface area contributed by atoms with Gasteiger partial charge in [0.1, 0.15) is 0 Å². The summed E-state index contributed by atoms with van der Waals surface area (Å²) in [5, 5.41) is 6.35. The minimum atomic E-state index is -4.23. The average molecular weight is 236 g/mol. The van der Waals surface area contributed by atoms with E-state index in [1.165, 1.54) is 6.20 Å². The van der Waals surface area contributed by atoms with Crippen molar-refractivity contribution in [2.75, 3.05) is 13.1 Å². The number of aromatic nitrogens is 2. The number of halogens is 3. The molecule has 4 nitrogen and oxygen atoms in total. The van der Waals surface area contributed by atoms with E-state index in [0.717, 1.165) is 5.69 Å². The molecule has 1 aromatic heterocycles. The molecule has 92 valence electrons. The molecule has 0 spiro atoms. The summed E-state index contributed by atoms with van der Waals surface area (Å²) in [5.74, 6) is 0. The molecule has 16 heavy (non-hydrogen) atoms. The van der Waals surface area contributed by atoms with Crippen LogP contribution in [0.1, 0.15) is 17.3 Å². The van der Waals surface area contributed by atoms with Gasteiger partial charge in [0.2, 0.25) is 0 Å². The van der Waals surface area contributed by atoms with E-state index >= 15 is 0 Å². The SMILES string of the molecule is Cc1c(C(CN)NCC(F)(F)F)cnn1C. The van der Waals surface area contributed by atoms with Gasteiger partial charge in [0.25, 0.3) is 0 Å². The predicted octanol–water partition coefficient (Wildman–Crippen LogP) is 0.880. The number of rotatable bonds is 4. The number of alkyl halides is 3. The normalized spacial score (nSPS) is 14.1. The molecule has 0 aliphatic carbocycles. The number of hydrogen-bond acceptors (Lipinski definition) is 3. The fourth-order valence-corrected chi connectivity index (χ4v) is 1.42. The molecular formula is C9H15F3N4. The summed E-state index contributed by atoms with van der Waals surface area (Å²) in [6.07, 6.45) is -2.69. The number of hydrogen-bond donors (Lipinski definition) is 2. The third kappa shape index (κ3) is 3.21. The Kier molecular flexibility index (Phi) is 3.93. The lowest BCUT2D eigenvalue weighted by Gasteiger charge is -2.17. The molecule has 1 aromatic rings. The van der Waals surface area contributed by atoms with Gasteiger partial charge in [-0.2, -0.15) is 18.3 Å². The van der Waals surface area contributed by atoms with E-state index in [4.69, 9.17) is 5.73 Å². The van der Waals surface area contributed by atoms with Crippen molar-refractivity contribution in [3.05, 3.63) is 17.5 Å². The Morgan fingerprint density at radius 3 is 2.56 bits per heavy atom. The first-order chi connectivity index (χ1) is 7.35. The van der Waals surface area contributed by atoms with E-state index < -0.39 is 18.8 Å². The molecule has 0 aliphatic heterocycles. The fraction of sp³-hybridized carbons (Fsp3) is 0.667. The second-order valence-electron chi connectivity index (χ2n) is 3.59. The van der Waals surface area contributed by atoms with E-state index in [1.807, 2.05) is 0 Å². The van der Waals surface area contributed by atoms with Gasteiger partial charge in [0, 0.05) is 30.9 Å². The molecule has 1 unspecified atom stereocenters. The van der Waals surface area contributed by atoms with Gasteiger partial charge in [0.15, 0.2) is 0 Å². The second-order valence-corrected chi connectivity index (χ2v) is 3.59. The Balaban J connectivity index is 2.72. The average Bonchev–Trinajstić information content (AvgIpc) is 2.49. The Morgan fingerprint density at radius 1 is 1.56 bits per heavy atom. The summed E-state index contributed by atoms with van der Waals surface area (Å²) < 4.78 is 37.8. The summed E-state index contributed by atoms with van der Waals surface area (Å²) >= 11 is 0. The summed E-state index contributed by atoms with van der Waals surface area (Å²) in [7, 11) is 1.73. The van der Waals surface area contributed by atoms with Gasteiger partial charge < -0.3 is 11.1 Å². The van der Waals surface area contributed by atoms with Gasteiger partial charge in [0.05, 0.1) is 12.7 Å². The van der Waals surface area contributed by atoms with Gasteiger partial charge in [-0.1, -0.05) is 0 Å². The molecule has 1 heterocycles. The highest BCUT2D eigenvalue weighted by Crippen LogP contribution is 2.18. The summed E-state index contributed by atoms with van der Waals surface area (Å²) in [6.45, 7) is 0.839. The first-order valence-corrected chi connectivity index (χ1v) is 4.84. The standard InChI is InChI=1S/C9H15F3N4/c1-6-7(4-15-16(6)2)8(3-13)14-5-9(10,11)12/h4,8,14H,3,5,13H2,1-2H3. The monoisotopic (exact) mass is 236 g/mol. The number of nitrogens with two attached hydrogens (primary N) is 1. The van der Waals surface area contributed by atoms with Gasteiger partial charge in [-0.05, 0) is 6.92 Å². The molecule has 1 rings (SSSR count). The van der Waals surface area contributed by atoms with Crippen LogP contribution in [-0.4, -0.2) is 29.0 Å². The zero-order valence-corrected chi connectivity index (χ0v) is 9.17. The maximum atomic E-state index is 12.0. The molecule has 0 fully saturated rings. The van der Waals surface area contributed by atoms with Crippen LogP contribution in [-0.2, 0) is 7.05 Å². The molecule has 0 saturated heterocycles. The highest BCUT2D eigenvalue weighted by Gasteiger charge is 2.28. The highest BCUT2D eigenvalue weighted by atomic mass is 19.4. The number of aryl methyl sites for hydroxylation is 1. The first kappa shape index (κ1) is 13.0. The second kappa shape index (κ2) is 4.84. The molecule has 0 aromatic carbocycles. The van der Waals surface area contributed by atoms with Crippen molar-refractivity contribution in [1.82, 2.24) is 15.1 Å². The smallest absolute Gasteiger partial charge is 0.329 e. The van der Waals surface area contributed by atoms with Crippen molar-refractivity contribution in [1.29, 1.82) is 0 Å². The Morgan fingerprint density at radius 2 is 2.19 bits per heavy atom. The third-order valence-electron chi connectivity index (χ3n) is 2.43. The van der Waals surface area contributed by atoms with E-state index in [9.17, 15) is 13.2 Å². The lowest BCUT2D eigenvalue weighted by Crippen LogP contribution is -2.35. The number of nitrogens with zero attached hydrogens (tertiary/aromatic N) is 2. The molecule has 0 aliphatic rings. The molecule has 0 amide bonds. The molecule has 0 bridgehead atoms. The topological polar surface area (TPSA) is 55.9 Å². The van der Waals surface area contributed by atoms with Crippen LogP contribution in [0.15, 0.2) is 6.20 Å². The van der Waals surface area contributed by atoms with E-state index in [2.05, 4.69) is 10.4 Å². The fourth-order valence-electron chi connectivity index (χ4n) is 1.42. The Hall–Kier alpha value is -1.08. The van der Waals surface area contributed by atoms with Crippen LogP contribution in [0.5, 0.6) is 0 Å². The van der Waals surface area contributed by atoms with E-state index in [1.54, 1.807) is 18.7 Å². The largest absolute Gasteiger partial charge is 0.401 e. The molecule has 1 atom stereocenters. The number of nitrogens with one attached hydrogen (secondary N) is 1. The van der Waals surface area contributed by atoms with Crippen molar-refractivity contribution < 1.29 is 13.2 Å². The van der Waals surface area contributed by atoms with Gasteiger partial charge in [-0.15, -0.1) is 0 Å². The van der Waals surface area contributed by atoms with Gasteiger partial charge in [-0.3, -0.25) is 4.68 Å². The van der Waals surface area contributed by atoms with Gasteiger partial charge >= 0.3 is 6.18 Å². The summed E-state index contributed by atoms with van der Waals surface area (Å²) in [5.41, 5.74) is 6.96. The minimum Gasteiger partial charge on any atom is -0.329 e. The van der Waals surface area contributed by atoms with Crippen LogP contribution in [0, 0.1) is 6.92 Å². The zero-order valence-electron chi connectivity index (χ0n) is 9.17. The quantitative estimate of drug-likeness (QED) is 0.816. The maximum Gasteiger partial charge on any atom is 0.401 e. The lowest BCUT2D eigenvalue weighted by atomic mass is 10.1. The first-order valence-electron chi connectivity index (χ1n) is 4.84. The zero-order chi connectivity index (χ0) is 12.3. The van der Waals surface area contributed by atoms with E-state index in [0.29, 0.717) is 5.56 Å². The van der Waals surface area contributed by atoms with Crippen LogP contribution in [0.4, 0.5) is 13.2 Å². The summed E-state index contributed by atoms with van der Waals surface area (Å²) in [6, 6.07) is -0.518. The summed E-state index contributed by atoms with van der Waals surface area (Å²) in [4.78, 5) is 0. The van der Waals surface area contributed by atoms with Crippen molar-refractivity contribution in [2.24, 2.45) is 12.8 Å². The van der Waals surface area contributed by atoms with Crippen molar-refractivity contribution in [3.63, 3.8) is 0 Å². The van der Waals surface area contributed by atoms with Crippen LogP contribution >= 0.6 is 0 Å². The third-order valence-corrected chi connectivity index (χ3v) is 2.43. The van der Waals surface area contributed by atoms with E-state index in [-0.39, 0.29) is 6.54 Å². The van der Waals surface area contributed by atoms with Crippen LogP contribution in [0.3, 0.4) is 0 Å². The highest BCUT2D eigenvalue weighted by molar-refractivity contribution is 5.20. The molecule has 7 heteroatoms. The lowest BCUT2D eigenvalue weighted by molar-refractivity contribution is -0.126. The minimum absolute atomic E-state index is 0.0998. The predicted molar refractivity (Wildman–Crippen MR) is 53.8 cm³/mol.